The molecule has 2 aromatic rings. The summed E-state index contributed by atoms with van der Waals surface area (Å²) in [6, 6.07) is 8.59. The van der Waals surface area contributed by atoms with Gasteiger partial charge in [-0.1, -0.05) is 25.3 Å². The lowest BCUT2D eigenvalue weighted by molar-refractivity contribution is -0.122. The number of nitrogens with zero attached hydrogens (tertiary/aromatic N) is 2. The van der Waals surface area contributed by atoms with Crippen molar-refractivity contribution >= 4 is 17.5 Å². The summed E-state index contributed by atoms with van der Waals surface area (Å²) in [6.45, 7) is 4.12. The van der Waals surface area contributed by atoms with Crippen LogP contribution in [0.15, 0.2) is 35.1 Å². The highest BCUT2D eigenvalue weighted by molar-refractivity contribution is 6.02. The third-order valence-corrected chi connectivity index (χ3v) is 5.38. The van der Waals surface area contributed by atoms with Gasteiger partial charge in [-0.3, -0.25) is 14.4 Å². The highest BCUT2D eigenvalue weighted by Gasteiger charge is 2.16. The number of aryl methyl sites for hydroxylation is 3. The molecule has 7 heteroatoms. The Labute approximate surface area is 170 Å². The van der Waals surface area contributed by atoms with Crippen LogP contribution in [-0.4, -0.2) is 27.6 Å². The maximum absolute atomic E-state index is 12.5. The first-order chi connectivity index (χ1) is 13.9. The van der Waals surface area contributed by atoms with E-state index in [9.17, 15) is 14.4 Å². The average molecular weight is 396 g/mol. The minimum Gasteiger partial charge on any atom is -0.353 e. The fourth-order valence-corrected chi connectivity index (χ4v) is 3.50. The fraction of sp³-hybridized carbons (Fsp3) is 0.455. The summed E-state index contributed by atoms with van der Waals surface area (Å²) in [5.41, 5.74) is 2.68. The van der Waals surface area contributed by atoms with Crippen LogP contribution in [0.4, 0.5) is 5.69 Å². The number of anilines is 1. The SMILES string of the molecule is Cc1ccc(NC(=O)c2ccc(=O)n(CCC(=O)NC3CCCCC3)n2)cc1C. The maximum Gasteiger partial charge on any atom is 0.276 e. The zero-order valence-electron chi connectivity index (χ0n) is 17.0. The molecule has 1 aliphatic rings. The predicted molar refractivity (Wildman–Crippen MR) is 112 cm³/mol. The van der Waals surface area contributed by atoms with Crippen LogP contribution >= 0.6 is 0 Å². The van der Waals surface area contributed by atoms with Gasteiger partial charge in [0.1, 0.15) is 5.69 Å². The number of nitrogens with one attached hydrogen (secondary N) is 2. The van der Waals surface area contributed by atoms with Crippen LogP contribution in [0.5, 0.6) is 0 Å². The molecule has 1 heterocycles. The van der Waals surface area contributed by atoms with E-state index in [2.05, 4.69) is 15.7 Å². The van der Waals surface area contributed by atoms with Crippen molar-refractivity contribution in [3.8, 4) is 0 Å². The lowest BCUT2D eigenvalue weighted by Crippen LogP contribution is -2.37. The van der Waals surface area contributed by atoms with Crippen LogP contribution in [0.2, 0.25) is 0 Å². The molecule has 1 aromatic carbocycles. The van der Waals surface area contributed by atoms with Gasteiger partial charge in [0.15, 0.2) is 0 Å². The Morgan fingerprint density at radius 1 is 1.07 bits per heavy atom. The second kappa shape index (κ2) is 9.49. The molecular formula is C22H28N4O3. The molecule has 0 spiro atoms. The van der Waals surface area contributed by atoms with E-state index in [1.165, 1.54) is 23.2 Å². The van der Waals surface area contributed by atoms with E-state index in [4.69, 9.17) is 0 Å². The van der Waals surface area contributed by atoms with E-state index in [-0.39, 0.29) is 36.2 Å². The average Bonchev–Trinajstić information content (AvgIpc) is 2.71. The molecule has 7 nitrogen and oxygen atoms in total. The van der Waals surface area contributed by atoms with Gasteiger partial charge in [-0.15, -0.1) is 0 Å². The van der Waals surface area contributed by atoms with Crippen LogP contribution < -0.4 is 16.2 Å². The Kier molecular flexibility index (Phi) is 6.80. The highest BCUT2D eigenvalue weighted by Crippen LogP contribution is 2.17. The molecule has 1 aromatic heterocycles. The van der Waals surface area contributed by atoms with Gasteiger partial charge in [0.05, 0.1) is 6.54 Å². The van der Waals surface area contributed by atoms with E-state index >= 15 is 0 Å². The molecule has 1 saturated carbocycles. The maximum atomic E-state index is 12.5. The molecule has 2 N–H and O–H groups in total. The standard InChI is InChI=1S/C22H28N4O3/c1-15-8-9-18(14-16(15)2)24-22(29)19-10-11-21(28)26(25-19)13-12-20(27)23-17-6-4-3-5-7-17/h8-11,14,17H,3-7,12-13H2,1-2H3,(H,23,27)(H,24,29). The summed E-state index contributed by atoms with van der Waals surface area (Å²) in [4.78, 5) is 36.8. The summed E-state index contributed by atoms with van der Waals surface area (Å²) in [5, 5.41) is 9.96. The van der Waals surface area contributed by atoms with E-state index in [1.54, 1.807) is 0 Å². The third kappa shape index (κ3) is 5.76. The van der Waals surface area contributed by atoms with Crippen molar-refractivity contribution in [2.45, 2.75) is 65.0 Å². The van der Waals surface area contributed by atoms with Crippen molar-refractivity contribution in [1.82, 2.24) is 15.1 Å². The van der Waals surface area contributed by atoms with Crippen molar-refractivity contribution < 1.29 is 9.59 Å². The molecule has 0 unspecified atom stereocenters. The van der Waals surface area contributed by atoms with Crippen LogP contribution in [0.3, 0.4) is 0 Å². The van der Waals surface area contributed by atoms with Gasteiger partial charge in [0, 0.05) is 24.2 Å². The normalized spacial score (nSPS) is 14.4. The highest BCUT2D eigenvalue weighted by atomic mass is 16.2. The Morgan fingerprint density at radius 2 is 1.83 bits per heavy atom. The van der Waals surface area contributed by atoms with E-state index in [0.29, 0.717) is 5.69 Å². The lowest BCUT2D eigenvalue weighted by Gasteiger charge is -2.22. The van der Waals surface area contributed by atoms with Gasteiger partial charge >= 0.3 is 0 Å². The van der Waals surface area contributed by atoms with Gasteiger partial charge in [-0.05, 0) is 56.0 Å². The molecule has 1 aliphatic carbocycles. The van der Waals surface area contributed by atoms with Crippen molar-refractivity contribution in [2.24, 2.45) is 0 Å². The summed E-state index contributed by atoms with van der Waals surface area (Å²) < 4.78 is 1.18. The molecule has 3 rings (SSSR count). The number of rotatable bonds is 6. The van der Waals surface area contributed by atoms with Crippen molar-refractivity contribution in [1.29, 1.82) is 0 Å². The van der Waals surface area contributed by atoms with Gasteiger partial charge in [0.25, 0.3) is 11.5 Å². The van der Waals surface area contributed by atoms with Crippen molar-refractivity contribution in [2.75, 3.05) is 5.32 Å². The van der Waals surface area contributed by atoms with Crippen LogP contribution in [0.1, 0.15) is 60.1 Å². The van der Waals surface area contributed by atoms with Gasteiger partial charge in [0.2, 0.25) is 5.91 Å². The summed E-state index contributed by atoms with van der Waals surface area (Å²) in [5.74, 6) is -0.482. The molecule has 0 bridgehead atoms. The second-order valence-electron chi connectivity index (χ2n) is 7.69. The molecule has 0 aliphatic heterocycles. The first-order valence-electron chi connectivity index (χ1n) is 10.2. The minimum atomic E-state index is -0.395. The van der Waals surface area contributed by atoms with Crippen LogP contribution in [-0.2, 0) is 11.3 Å². The number of aromatic nitrogens is 2. The third-order valence-electron chi connectivity index (χ3n) is 5.38. The molecule has 2 amide bonds. The number of carbonyl (C=O) groups excluding carboxylic acids is 2. The molecular weight excluding hydrogens is 368 g/mol. The first-order valence-corrected chi connectivity index (χ1v) is 10.2. The van der Waals surface area contributed by atoms with Crippen molar-refractivity contribution in [3.63, 3.8) is 0 Å². The summed E-state index contributed by atoms with van der Waals surface area (Å²) in [6.07, 6.45) is 5.69. The van der Waals surface area contributed by atoms with E-state index in [0.717, 1.165) is 36.8 Å². The summed E-state index contributed by atoms with van der Waals surface area (Å²) >= 11 is 0. The molecule has 1 fully saturated rings. The van der Waals surface area contributed by atoms with Crippen LogP contribution in [0, 0.1) is 13.8 Å². The second-order valence-corrected chi connectivity index (χ2v) is 7.69. The Bertz CT molecular complexity index is 945. The van der Waals surface area contributed by atoms with Gasteiger partial charge < -0.3 is 10.6 Å². The lowest BCUT2D eigenvalue weighted by atomic mass is 9.95. The Hall–Kier alpha value is -2.96. The van der Waals surface area contributed by atoms with Gasteiger partial charge in [-0.2, -0.15) is 5.10 Å². The Morgan fingerprint density at radius 3 is 2.55 bits per heavy atom. The topological polar surface area (TPSA) is 93.1 Å². The van der Waals surface area contributed by atoms with E-state index < -0.39 is 5.91 Å². The first kappa shape index (κ1) is 20.8. The van der Waals surface area contributed by atoms with Gasteiger partial charge in [-0.25, -0.2) is 4.68 Å². The monoisotopic (exact) mass is 396 g/mol. The predicted octanol–water partition coefficient (Wildman–Crippen LogP) is 2.95. The largest absolute Gasteiger partial charge is 0.353 e. The smallest absolute Gasteiger partial charge is 0.276 e. The Balaban J connectivity index is 1.61. The number of hydrogen-bond acceptors (Lipinski definition) is 4. The summed E-state index contributed by atoms with van der Waals surface area (Å²) in [7, 11) is 0. The molecule has 154 valence electrons. The number of benzene rings is 1. The fourth-order valence-electron chi connectivity index (χ4n) is 3.50. The quantitative estimate of drug-likeness (QED) is 0.785. The number of carbonyl (C=O) groups is 2. The van der Waals surface area contributed by atoms with Crippen LogP contribution in [0.25, 0.3) is 0 Å². The van der Waals surface area contributed by atoms with E-state index in [1.807, 2.05) is 32.0 Å². The zero-order chi connectivity index (χ0) is 20.8. The number of hydrogen-bond donors (Lipinski definition) is 2. The molecule has 0 radical (unpaired) electrons. The molecule has 0 saturated heterocycles. The molecule has 0 atom stereocenters. The molecule has 29 heavy (non-hydrogen) atoms. The van der Waals surface area contributed by atoms with Crippen molar-refractivity contribution in [3.05, 3.63) is 57.5 Å². The minimum absolute atomic E-state index is 0.0874. The zero-order valence-corrected chi connectivity index (χ0v) is 17.0. The number of amides is 2.